The van der Waals surface area contributed by atoms with Crippen molar-refractivity contribution < 1.29 is 4.79 Å². The molecule has 6 heteroatoms. The molecule has 2 aromatic rings. The molecule has 0 radical (unpaired) electrons. The second-order valence-electron chi connectivity index (χ2n) is 6.73. The van der Waals surface area contributed by atoms with Gasteiger partial charge in [-0.05, 0) is 37.8 Å². The van der Waals surface area contributed by atoms with Crippen LogP contribution in [-0.4, -0.2) is 44.7 Å². The Hall–Kier alpha value is -2.11. The minimum atomic E-state index is 0.0516. The van der Waals surface area contributed by atoms with Crippen LogP contribution in [0.3, 0.4) is 0 Å². The number of amides is 2. The SMILES string of the molecule is CC(C)[C@H](C)NC(=O)N1CCC(c2nnc3ccccn23)CC1. The molecule has 1 aliphatic rings. The average molecular weight is 315 g/mol. The van der Waals surface area contributed by atoms with Gasteiger partial charge >= 0.3 is 6.03 Å². The van der Waals surface area contributed by atoms with E-state index in [2.05, 4.69) is 40.7 Å². The highest BCUT2D eigenvalue weighted by atomic mass is 16.2. The Labute approximate surface area is 136 Å². The lowest BCUT2D eigenvalue weighted by Crippen LogP contribution is -2.48. The standard InChI is InChI=1S/C17H25N5O/c1-12(2)13(3)18-17(23)21-10-7-14(8-11-21)16-20-19-15-6-4-5-9-22(15)16/h4-6,9,12-14H,7-8,10-11H2,1-3H3,(H,18,23)/t13-/m0/s1. The number of carbonyl (C=O) groups is 1. The first kappa shape index (κ1) is 15.8. The van der Waals surface area contributed by atoms with E-state index in [1.54, 1.807) is 0 Å². The zero-order valence-electron chi connectivity index (χ0n) is 14.1. The molecule has 124 valence electrons. The van der Waals surface area contributed by atoms with E-state index in [1.165, 1.54) is 0 Å². The van der Waals surface area contributed by atoms with E-state index >= 15 is 0 Å². The van der Waals surface area contributed by atoms with Crippen LogP contribution in [0.4, 0.5) is 4.79 Å². The fourth-order valence-corrected chi connectivity index (χ4v) is 2.93. The monoisotopic (exact) mass is 315 g/mol. The number of nitrogens with one attached hydrogen (secondary N) is 1. The molecule has 0 bridgehead atoms. The summed E-state index contributed by atoms with van der Waals surface area (Å²) in [4.78, 5) is 14.2. The van der Waals surface area contributed by atoms with E-state index in [-0.39, 0.29) is 12.1 Å². The quantitative estimate of drug-likeness (QED) is 0.947. The summed E-state index contributed by atoms with van der Waals surface area (Å²) in [6.07, 6.45) is 3.87. The second-order valence-corrected chi connectivity index (χ2v) is 6.73. The van der Waals surface area contributed by atoms with E-state index in [4.69, 9.17) is 0 Å². The van der Waals surface area contributed by atoms with Gasteiger partial charge in [0.15, 0.2) is 5.65 Å². The summed E-state index contributed by atoms with van der Waals surface area (Å²) in [6.45, 7) is 7.82. The van der Waals surface area contributed by atoms with Gasteiger partial charge in [-0.3, -0.25) is 4.40 Å². The number of fused-ring (bicyclic) bond motifs is 1. The van der Waals surface area contributed by atoms with Crippen molar-refractivity contribution in [2.45, 2.75) is 45.6 Å². The maximum Gasteiger partial charge on any atom is 0.317 e. The van der Waals surface area contributed by atoms with Crippen LogP contribution >= 0.6 is 0 Å². The van der Waals surface area contributed by atoms with Gasteiger partial charge < -0.3 is 10.2 Å². The first-order chi connectivity index (χ1) is 11.1. The van der Waals surface area contributed by atoms with Gasteiger partial charge in [0.1, 0.15) is 5.82 Å². The Balaban J connectivity index is 1.61. The third kappa shape index (κ3) is 3.30. The van der Waals surface area contributed by atoms with Gasteiger partial charge in [-0.1, -0.05) is 19.9 Å². The topological polar surface area (TPSA) is 62.5 Å². The number of hydrogen-bond donors (Lipinski definition) is 1. The summed E-state index contributed by atoms with van der Waals surface area (Å²) in [7, 11) is 0. The first-order valence-electron chi connectivity index (χ1n) is 8.41. The molecule has 0 saturated carbocycles. The van der Waals surface area contributed by atoms with E-state index in [0.717, 1.165) is 37.4 Å². The highest BCUT2D eigenvalue weighted by molar-refractivity contribution is 5.74. The molecule has 1 aliphatic heterocycles. The molecular formula is C17H25N5O. The number of aromatic nitrogens is 3. The highest BCUT2D eigenvalue weighted by Crippen LogP contribution is 2.27. The zero-order valence-corrected chi connectivity index (χ0v) is 14.1. The first-order valence-corrected chi connectivity index (χ1v) is 8.41. The number of pyridine rings is 1. The number of nitrogens with zero attached hydrogens (tertiary/aromatic N) is 4. The second kappa shape index (κ2) is 6.56. The molecule has 0 unspecified atom stereocenters. The lowest BCUT2D eigenvalue weighted by Gasteiger charge is -2.32. The Morgan fingerprint density at radius 1 is 1.22 bits per heavy atom. The van der Waals surface area contributed by atoms with Gasteiger partial charge in [0.2, 0.25) is 0 Å². The van der Waals surface area contributed by atoms with Crippen LogP contribution in [0.1, 0.15) is 45.4 Å². The van der Waals surface area contributed by atoms with Crippen LogP contribution < -0.4 is 5.32 Å². The Bertz CT molecular complexity index is 672. The number of piperidine rings is 1. The molecule has 0 spiro atoms. The maximum atomic E-state index is 12.3. The molecule has 2 amide bonds. The third-order valence-corrected chi connectivity index (χ3v) is 4.84. The van der Waals surface area contributed by atoms with Crippen molar-refractivity contribution in [1.29, 1.82) is 0 Å². The van der Waals surface area contributed by atoms with Crippen LogP contribution in [-0.2, 0) is 0 Å². The Kier molecular flexibility index (Phi) is 4.50. The fourth-order valence-electron chi connectivity index (χ4n) is 2.93. The molecule has 1 atom stereocenters. The summed E-state index contributed by atoms with van der Waals surface area (Å²) in [6, 6.07) is 6.18. The predicted octanol–water partition coefficient (Wildman–Crippen LogP) is 2.66. The smallest absolute Gasteiger partial charge is 0.317 e. The predicted molar refractivity (Wildman–Crippen MR) is 89.4 cm³/mol. The van der Waals surface area contributed by atoms with Gasteiger partial charge in [0.25, 0.3) is 0 Å². The summed E-state index contributed by atoms with van der Waals surface area (Å²) in [5.41, 5.74) is 0.883. The van der Waals surface area contributed by atoms with Gasteiger partial charge in [0, 0.05) is 31.2 Å². The summed E-state index contributed by atoms with van der Waals surface area (Å²) >= 11 is 0. The molecule has 3 rings (SSSR count). The van der Waals surface area contributed by atoms with Crippen molar-refractivity contribution in [3.8, 4) is 0 Å². The molecule has 3 heterocycles. The van der Waals surface area contributed by atoms with Gasteiger partial charge in [-0.15, -0.1) is 10.2 Å². The zero-order chi connectivity index (χ0) is 16.4. The Morgan fingerprint density at radius 2 is 1.96 bits per heavy atom. The lowest BCUT2D eigenvalue weighted by molar-refractivity contribution is 0.174. The minimum Gasteiger partial charge on any atom is -0.335 e. The van der Waals surface area contributed by atoms with Crippen molar-refractivity contribution in [2.24, 2.45) is 5.92 Å². The molecule has 23 heavy (non-hydrogen) atoms. The number of urea groups is 1. The average Bonchev–Trinajstić information content (AvgIpc) is 2.99. The molecule has 0 aliphatic carbocycles. The van der Waals surface area contributed by atoms with Crippen molar-refractivity contribution >= 4 is 11.7 Å². The number of rotatable bonds is 3. The normalized spacial score (nSPS) is 17.7. The minimum absolute atomic E-state index is 0.0516. The van der Waals surface area contributed by atoms with E-state index in [1.807, 2.05) is 29.3 Å². The molecular weight excluding hydrogens is 290 g/mol. The highest BCUT2D eigenvalue weighted by Gasteiger charge is 2.27. The van der Waals surface area contributed by atoms with Crippen molar-refractivity contribution in [2.75, 3.05) is 13.1 Å². The van der Waals surface area contributed by atoms with Crippen LogP contribution in [0.2, 0.25) is 0 Å². The molecule has 1 fully saturated rings. The van der Waals surface area contributed by atoms with E-state index in [0.29, 0.717) is 11.8 Å². The summed E-state index contributed by atoms with van der Waals surface area (Å²) < 4.78 is 2.06. The van der Waals surface area contributed by atoms with E-state index < -0.39 is 0 Å². The van der Waals surface area contributed by atoms with Crippen LogP contribution in [0.25, 0.3) is 5.65 Å². The van der Waals surface area contributed by atoms with Crippen molar-refractivity contribution in [1.82, 2.24) is 24.8 Å². The van der Waals surface area contributed by atoms with Gasteiger partial charge in [0.05, 0.1) is 0 Å². The number of carbonyl (C=O) groups excluding carboxylic acids is 1. The summed E-state index contributed by atoms with van der Waals surface area (Å²) in [5.74, 6) is 1.81. The molecule has 1 N–H and O–H groups in total. The fraction of sp³-hybridized carbons (Fsp3) is 0.588. The van der Waals surface area contributed by atoms with Crippen molar-refractivity contribution in [3.63, 3.8) is 0 Å². The lowest BCUT2D eigenvalue weighted by atomic mass is 9.96. The molecule has 2 aromatic heterocycles. The van der Waals surface area contributed by atoms with E-state index in [9.17, 15) is 4.79 Å². The Morgan fingerprint density at radius 3 is 2.65 bits per heavy atom. The van der Waals surface area contributed by atoms with Gasteiger partial charge in [-0.2, -0.15) is 0 Å². The molecule has 6 nitrogen and oxygen atoms in total. The van der Waals surface area contributed by atoms with Gasteiger partial charge in [-0.25, -0.2) is 4.79 Å². The number of hydrogen-bond acceptors (Lipinski definition) is 3. The van der Waals surface area contributed by atoms with Crippen molar-refractivity contribution in [3.05, 3.63) is 30.2 Å². The van der Waals surface area contributed by atoms with Crippen LogP contribution in [0.15, 0.2) is 24.4 Å². The largest absolute Gasteiger partial charge is 0.335 e. The van der Waals surface area contributed by atoms with Crippen LogP contribution in [0, 0.1) is 5.92 Å². The molecule has 1 saturated heterocycles. The maximum absolute atomic E-state index is 12.3. The third-order valence-electron chi connectivity index (χ3n) is 4.84. The summed E-state index contributed by atoms with van der Waals surface area (Å²) in [5, 5.41) is 11.7. The molecule has 0 aromatic carbocycles. The van der Waals surface area contributed by atoms with Crippen LogP contribution in [0.5, 0.6) is 0 Å². The number of likely N-dealkylation sites (tertiary alicyclic amines) is 1.